The fourth-order valence-electron chi connectivity index (χ4n) is 1.60. The van der Waals surface area contributed by atoms with Crippen LogP contribution in [0.2, 0.25) is 0 Å². The van der Waals surface area contributed by atoms with Crippen LogP contribution < -0.4 is 0 Å². The van der Waals surface area contributed by atoms with Gasteiger partial charge in [0.1, 0.15) is 5.82 Å². The molecule has 8 nitrogen and oxygen atoms in total. The third-order valence-electron chi connectivity index (χ3n) is 2.56. The molecule has 0 radical (unpaired) electrons. The van der Waals surface area contributed by atoms with E-state index in [1.165, 1.54) is 10.6 Å². The third kappa shape index (κ3) is 3.16. The van der Waals surface area contributed by atoms with Crippen LogP contribution in [0, 0.1) is 15.9 Å². The highest BCUT2D eigenvalue weighted by Crippen LogP contribution is 2.27. The molecule has 0 amide bonds. The van der Waals surface area contributed by atoms with Crippen LogP contribution in [0.3, 0.4) is 0 Å². The van der Waals surface area contributed by atoms with E-state index in [0.717, 1.165) is 23.9 Å². The number of hydrogen-bond acceptors (Lipinski definition) is 6. The minimum Gasteiger partial charge on any atom is -0.481 e. The molecule has 21 heavy (non-hydrogen) atoms. The molecule has 110 valence electrons. The third-order valence-corrected chi connectivity index (χ3v) is 3.57. The Morgan fingerprint density at radius 2 is 2.24 bits per heavy atom. The van der Waals surface area contributed by atoms with Gasteiger partial charge in [0.2, 0.25) is 0 Å². The normalized spacial score (nSPS) is 10.6. The van der Waals surface area contributed by atoms with Crippen molar-refractivity contribution in [3.8, 4) is 11.4 Å². The summed E-state index contributed by atoms with van der Waals surface area (Å²) in [6.45, 7) is 0. The van der Waals surface area contributed by atoms with Gasteiger partial charge in [-0.05, 0) is 6.07 Å². The molecule has 0 spiro atoms. The Hall–Kier alpha value is -2.49. The number of thioether (sulfide) groups is 1. The number of nitro benzene ring substituents is 1. The van der Waals surface area contributed by atoms with Gasteiger partial charge in [-0.15, -0.1) is 10.2 Å². The van der Waals surface area contributed by atoms with E-state index in [1.807, 2.05) is 0 Å². The predicted molar refractivity (Wildman–Crippen MR) is 71.4 cm³/mol. The van der Waals surface area contributed by atoms with Crippen molar-refractivity contribution in [3.63, 3.8) is 0 Å². The number of carboxylic acids is 1. The van der Waals surface area contributed by atoms with Crippen molar-refractivity contribution >= 4 is 23.4 Å². The molecule has 10 heteroatoms. The molecular formula is C11H9FN4O4S. The first-order valence-electron chi connectivity index (χ1n) is 5.58. The topological polar surface area (TPSA) is 111 Å². The second kappa shape index (κ2) is 5.87. The van der Waals surface area contributed by atoms with Gasteiger partial charge in [-0.2, -0.15) is 0 Å². The van der Waals surface area contributed by atoms with Crippen LogP contribution in [0.15, 0.2) is 23.4 Å². The summed E-state index contributed by atoms with van der Waals surface area (Å²) >= 11 is 0.944. The number of nitro groups is 1. The summed E-state index contributed by atoms with van der Waals surface area (Å²) in [5.74, 6) is -1.84. The summed E-state index contributed by atoms with van der Waals surface area (Å²) in [5.41, 5.74) is -0.309. The van der Waals surface area contributed by atoms with E-state index >= 15 is 0 Å². The van der Waals surface area contributed by atoms with E-state index in [-0.39, 0.29) is 22.8 Å². The lowest BCUT2D eigenvalue weighted by atomic mass is 10.2. The molecule has 0 saturated heterocycles. The number of carboxylic acid groups (broad SMARTS) is 1. The first-order chi connectivity index (χ1) is 9.90. The van der Waals surface area contributed by atoms with Gasteiger partial charge in [-0.1, -0.05) is 11.8 Å². The predicted octanol–water partition coefficient (Wildman–Crippen LogP) is 1.71. The van der Waals surface area contributed by atoms with Crippen molar-refractivity contribution in [2.75, 3.05) is 5.75 Å². The summed E-state index contributed by atoms with van der Waals surface area (Å²) in [7, 11) is 1.56. The van der Waals surface area contributed by atoms with Crippen molar-refractivity contribution in [1.82, 2.24) is 14.8 Å². The highest BCUT2D eigenvalue weighted by molar-refractivity contribution is 7.99. The second-order valence-corrected chi connectivity index (χ2v) is 4.91. The Kier molecular flexibility index (Phi) is 4.17. The Balaban J connectivity index is 2.34. The van der Waals surface area contributed by atoms with Crippen LogP contribution in [0.25, 0.3) is 11.4 Å². The summed E-state index contributed by atoms with van der Waals surface area (Å²) < 4.78 is 15.3. The van der Waals surface area contributed by atoms with Crippen LogP contribution in [0.1, 0.15) is 0 Å². The zero-order valence-corrected chi connectivity index (χ0v) is 11.5. The van der Waals surface area contributed by atoms with Crippen molar-refractivity contribution in [3.05, 3.63) is 34.1 Å². The zero-order chi connectivity index (χ0) is 15.6. The standard InChI is InChI=1S/C11H9FN4O4S/c1-15-10(13-14-11(15)21-5-9(17)18)7-3-2-6(16(19)20)4-8(7)12/h2-4H,5H2,1H3,(H,17,18). The van der Waals surface area contributed by atoms with E-state index in [1.54, 1.807) is 7.05 Å². The van der Waals surface area contributed by atoms with Gasteiger partial charge in [0.05, 0.1) is 22.3 Å². The number of nitrogens with zero attached hydrogens (tertiary/aromatic N) is 4. The first kappa shape index (κ1) is 14.9. The fraction of sp³-hybridized carbons (Fsp3) is 0.182. The van der Waals surface area contributed by atoms with Crippen LogP contribution in [-0.2, 0) is 11.8 Å². The van der Waals surface area contributed by atoms with Crippen LogP contribution in [-0.4, -0.2) is 36.5 Å². The molecule has 0 atom stereocenters. The van der Waals surface area contributed by atoms with Gasteiger partial charge in [-0.25, -0.2) is 4.39 Å². The molecule has 0 unspecified atom stereocenters. The summed E-state index contributed by atoms with van der Waals surface area (Å²) in [4.78, 5) is 20.4. The van der Waals surface area contributed by atoms with Gasteiger partial charge in [-0.3, -0.25) is 14.9 Å². The Labute approximate surface area is 121 Å². The number of rotatable bonds is 5. The molecule has 0 aliphatic rings. The number of benzene rings is 1. The second-order valence-electron chi connectivity index (χ2n) is 3.97. The van der Waals surface area contributed by atoms with Crippen LogP contribution in [0.5, 0.6) is 0 Å². The number of aliphatic carboxylic acids is 1. The SMILES string of the molecule is Cn1c(SCC(=O)O)nnc1-c1ccc([N+](=O)[O-])cc1F. The highest BCUT2D eigenvalue weighted by atomic mass is 32.2. The average Bonchev–Trinajstić information content (AvgIpc) is 2.77. The number of halogens is 1. The first-order valence-corrected chi connectivity index (χ1v) is 6.57. The van der Waals surface area contributed by atoms with Crippen LogP contribution >= 0.6 is 11.8 Å². The molecule has 1 heterocycles. The minimum absolute atomic E-state index is 0.0535. The minimum atomic E-state index is -1.01. The quantitative estimate of drug-likeness (QED) is 0.508. The van der Waals surface area contributed by atoms with E-state index in [4.69, 9.17) is 5.11 Å². The lowest BCUT2D eigenvalue weighted by molar-refractivity contribution is -0.385. The van der Waals surface area contributed by atoms with E-state index in [9.17, 15) is 19.3 Å². The van der Waals surface area contributed by atoms with Crippen molar-refractivity contribution in [2.45, 2.75) is 5.16 Å². The maximum Gasteiger partial charge on any atom is 0.313 e. The maximum atomic E-state index is 13.9. The number of carbonyl (C=O) groups is 1. The van der Waals surface area contributed by atoms with Crippen molar-refractivity contribution in [2.24, 2.45) is 7.05 Å². The molecule has 1 N–H and O–H groups in total. The number of aromatic nitrogens is 3. The van der Waals surface area contributed by atoms with Crippen molar-refractivity contribution in [1.29, 1.82) is 0 Å². The molecule has 2 rings (SSSR count). The molecule has 0 bridgehead atoms. The fourth-order valence-corrected chi connectivity index (χ4v) is 2.23. The molecule has 0 saturated carbocycles. The lowest BCUT2D eigenvalue weighted by Crippen LogP contribution is -2.01. The van der Waals surface area contributed by atoms with Crippen LogP contribution in [0.4, 0.5) is 10.1 Å². The largest absolute Gasteiger partial charge is 0.481 e. The highest BCUT2D eigenvalue weighted by Gasteiger charge is 2.18. The average molecular weight is 312 g/mol. The van der Waals surface area contributed by atoms with Gasteiger partial charge >= 0.3 is 5.97 Å². The van der Waals surface area contributed by atoms with E-state index in [2.05, 4.69) is 10.2 Å². The number of non-ortho nitro benzene ring substituents is 1. The van der Waals surface area contributed by atoms with Crippen molar-refractivity contribution < 1.29 is 19.2 Å². The summed E-state index contributed by atoms with van der Waals surface area (Å²) in [5, 5.41) is 27.1. The van der Waals surface area contributed by atoms with Gasteiger partial charge < -0.3 is 9.67 Å². The van der Waals surface area contributed by atoms with E-state index in [0.29, 0.717) is 5.16 Å². The monoisotopic (exact) mass is 312 g/mol. The van der Waals surface area contributed by atoms with E-state index < -0.39 is 16.7 Å². The van der Waals surface area contributed by atoms with Gasteiger partial charge in [0, 0.05) is 13.1 Å². The smallest absolute Gasteiger partial charge is 0.313 e. The molecule has 0 aliphatic carbocycles. The molecule has 2 aromatic rings. The zero-order valence-electron chi connectivity index (χ0n) is 10.7. The number of hydrogen-bond donors (Lipinski definition) is 1. The molecule has 0 aliphatic heterocycles. The molecule has 1 aromatic heterocycles. The summed E-state index contributed by atoms with van der Waals surface area (Å²) in [6.07, 6.45) is 0. The molecule has 1 aromatic carbocycles. The Bertz CT molecular complexity index is 718. The van der Waals surface area contributed by atoms with Gasteiger partial charge in [0.15, 0.2) is 11.0 Å². The van der Waals surface area contributed by atoms with Gasteiger partial charge in [0.25, 0.3) is 5.69 Å². The lowest BCUT2D eigenvalue weighted by Gasteiger charge is -2.04. The molecule has 0 fully saturated rings. The summed E-state index contributed by atoms with van der Waals surface area (Å²) in [6, 6.07) is 3.20. The Morgan fingerprint density at radius 1 is 1.52 bits per heavy atom. The Morgan fingerprint density at radius 3 is 2.81 bits per heavy atom. The maximum absolute atomic E-state index is 13.9. The molecular weight excluding hydrogens is 303 g/mol.